The summed E-state index contributed by atoms with van der Waals surface area (Å²) in [4.78, 5) is 0. The van der Waals surface area contributed by atoms with Gasteiger partial charge in [-0.3, -0.25) is 0 Å². The van der Waals surface area contributed by atoms with Crippen LogP contribution in [-0.2, 0) is 6.18 Å². The molecule has 1 aliphatic rings. The van der Waals surface area contributed by atoms with Crippen LogP contribution in [0, 0.1) is 5.92 Å². The predicted molar refractivity (Wildman–Crippen MR) is 93.0 cm³/mol. The zero-order chi connectivity index (χ0) is 17.9. The van der Waals surface area contributed by atoms with Gasteiger partial charge in [0, 0.05) is 0 Å². The Bertz CT molecular complexity index is 688. The molecule has 0 amide bonds. The van der Waals surface area contributed by atoms with E-state index in [-0.39, 0.29) is 5.56 Å². The van der Waals surface area contributed by atoms with E-state index in [4.69, 9.17) is 0 Å². The van der Waals surface area contributed by atoms with E-state index in [1.807, 2.05) is 0 Å². The summed E-state index contributed by atoms with van der Waals surface area (Å²) < 4.78 is 40.7. The van der Waals surface area contributed by atoms with E-state index in [0.29, 0.717) is 23.5 Å². The lowest BCUT2D eigenvalue weighted by atomic mass is 9.83. The summed E-state index contributed by atoms with van der Waals surface area (Å²) in [6, 6.07) is 12.8. The lowest BCUT2D eigenvalue weighted by molar-refractivity contribution is -0.137. The third-order valence-electron chi connectivity index (χ3n) is 5.10. The summed E-state index contributed by atoms with van der Waals surface area (Å²) >= 11 is 0. The Balaban J connectivity index is 1.89. The molecule has 3 rings (SSSR count). The largest absolute Gasteiger partial charge is 0.417 e. The molecule has 2 aromatic carbocycles. The van der Waals surface area contributed by atoms with Crippen molar-refractivity contribution in [1.29, 1.82) is 0 Å². The van der Waals surface area contributed by atoms with Gasteiger partial charge >= 0.3 is 6.18 Å². The highest BCUT2D eigenvalue weighted by Gasteiger charge is 2.34. The third kappa shape index (κ3) is 4.43. The first-order valence-corrected chi connectivity index (χ1v) is 8.90. The maximum Gasteiger partial charge on any atom is 0.417 e. The summed E-state index contributed by atoms with van der Waals surface area (Å²) in [5.74, 6) is 0.409. The number of hydrogen-bond donors (Lipinski definition) is 1. The second-order valence-electron chi connectivity index (χ2n) is 6.92. The van der Waals surface area contributed by atoms with Crippen molar-refractivity contribution in [3.05, 3.63) is 59.7 Å². The minimum atomic E-state index is -4.45. The molecule has 25 heavy (non-hydrogen) atoms. The molecule has 0 aliphatic heterocycles. The Morgan fingerprint density at radius 3 is 2.28 bits per heavy atom. The second kappa shape index (κ2) is 7.61. The third-order valence-corrected chi connectivity index (χ3v) is 5.10. The monoisotopic (exact) mass is 348 g/mol. The van der Waals surface area contributed by atoms with Crippen LogP contribution < -0.4 is 0 Å². The summed E-state index contributed by atoms with van der Waals surface area (Å²) in [7, 11) is 0. The second-order valence-corrected chi connectivity index (χ2v) is 6.92. The van der Waals surface area contributed by atoms with Crippen LogP contribution in [0.2, 0.25) is 0 Å². The number of alkyl halides is 3. The molecular weight excluding hydrogens is 325 g/mol. The summed E-state index contributed by atoms with van der Waals surface area (Å²) in [5, 5.41) is 10.5. The fourth-order valence-electron chi connectivity index (χ4n) is 3.75. The topological polar surface area (TPSA) is 20.2 Å². The minimum absolute atomic E-state index is 0.154. The highest BCUT2D eigenvalue weighted by atomic mass is 19.4. The van der Waals surface area contributed by atoms with Crippen molar-refractivity contribution < 1.29 is 18.3 Å². The fraction of sp³-hybridized carbons (Fsp3) is 0.429. The number of aliphatic hydroxyl groups excluding tert-OH is 1. The fourth-order valence-corrected chi connectivity index (χ4v) is 3.75. The molecule has 1 N–H and O–H groups in total. The number of aliphatic hydroxyl groups is 1. The van der Waals surface area contributed by atoms with Crippen LogP contribution in [0.5, 0.6) is 0 Å². The van der Waals surface area contributed by atoms with Crippen LogP contribution >= 0.6 is 0 Å². The summed E-state index contributed by atoms with van der Waals surface area (Å²) in [6.45, 7) is 0. The molecule has 0 spiro atoms. The molecule has 134 valence electrons. The molecule has 2 aromatic rings. The smallest absolute Gasteiger partial charge is 0.388 e. The highest BCUT2D eigenvalue weighted by molar-refractivity contribution is 5.68. The predicted octanol–water partition coefficient (Wildman–Crippen LogP) is 6.38. The van der Waals surface area contributed by atoms with Gasteiger partial charge in [0.2, 0.25) is 0 Å². The van der Waals surface area contributed by atoms with Gasteiger partial charge in [-0.05, 0) is 35.1 Å². The van der Waals surface area contributed by atoms with Crippen molar-refractivity contribution in [3.63, 3.8) is 0 Å². The first kappa shape index (κ1) is 18.0. The van der Waals surface area contributed by atoms with E-state index in [9.17, 15) is 18.3 Å². The van der Waals surface area contributed by atoms with E-state index < -0.39 is 17.8 Å². The van der Waals surface area contributed by atoms with Gasteiger partial charge in [0.15, 0.2) is 0 Å². The lowest BCUT2D eigenvalue weighted by Crippen LogP contribution is -2.13. The van der Waals surface area contributed by atoms with Gasteiger partial charge in [-0.15, -0.1) is 0 Å². The van der Waals surface area contributed by atoms with Gasteiger partial charge in [-0.2, -0.15) is 13.2 Å². The van der Waals surface area contributed by atoms with Crippen molar-refractivity contribution in [3.8, 4) is 11.1 Å². The molecule has 0 radical (unpaired) electrons. The molecule has 1 aliphatic carbocycles. The standard InChI is InChI=1S/C21H23F3O/c22-21(23,24)19-14-17(20(25)13-15-7-3-1-4-8-15)11-12-18(19)16-9-5-2-6-10-16/h2,5-6,9-12,14-15,20,25H,1,3-4,7-8,13H2. The van der Waals surface area contributed by atoms with E-state index in [1.54, 1.807) is 36.4 Å². The Kier molecular flexibility index (Phi) is 5.48. The minimum Gasteiger partial charge on any atom is -0.388 e. The first-order chi connectivity index (χ1) is 11.9. The molecular formula is C21H23F3O. The Hall–Kier alpha value is -1.81. The van der Waals surface area contributed by atoms with Gasteiger partial charge < -0.3 is 5.11 Å². The van der Waals surface area contributed by atoms with E-state index in [1.165, 1.54) is 12.5 Å². The Morgan fingerprint density at radius 1 is 0.960 bits per heavy atom. The van der Waals surface area contributed by atoms with E-state index in [0.717, 1.165) is 31.7 Å². The normalized spacial score (nSPS) is 17.4. The van der Waals surface area contributed by atoms with Crippen LogP contribution in [0.4, 0.5) is 13.2 Å². The van der Waals surface area contributed by atoms with Crippen LogP contribution in [0.3, 0.4) is 0 Å². The maximum absolute atomic E-state index is 13.6. The number of benzene rings is 2. The molecule has 1 nitrogen and oxygen atoms in total. The van der Waals surface area contributed by atoms with Gasteiger partial charge in [0.1, 0.15) is 0 Å². The number of rotatable bonds is 4. The van der Waals surface area contributed by atoms with E-state index >= 15 is 0 Å². The van der Waals surface area contributed by atoms with E-state index in [2.05, 4.69) is 0 Å². The average molecular weight is 348 g/mol. The van der Waals surface area contributed by atoms with Gasteiger partial charge in [-0.25, -0.2) is 0 Å². The molecule has 4 heteroatoms. The lowest BCUT2D eigenvalue weighted by Gasteiger charge is -2.25. The first-order valence-electron chi connectivity index (χ1n) is 8.90. The molecule has 1 fully saturated rings. The van der Waals surface area contributed by atoms with Crippen LogP contribution in [0.15, 0.2) is 48.5 Å². The number of halogens is 3. The van der Waals surface area contributed by atoms with Crippen LogP contribution in [-0.4, -0.2) is 5.11 Å². The summed E-state index contributed by atoms with van der Waals surface area (Å²) in [6.07, 6.45) is 0.894. The zero-order valence-electron chi connectivity index (χ0n) is 14.1. The molecule has 1 unspecified atom stereocenters. The Morgan fingerprint density at radius 2 is 1.64 bits per heavy atom. The molecule has 0 bridgehead atoms. The van der Waals surface area contributed by atoms with Crippen molar-refractivity contribution in [2.45, 2.75) is 50.8 Å². The molecule has 0 aromatic heterocycles. The van der Waals surface area contributed by atoms with Crippen molar-refractivity contribution in [2.75, 3.05) is 0 Å². The van der Waals surface area contributed by atoms with Crippen LogP contribution in [0.1, 0.15) is 55.8 Å². The highest BCUT2D eigenvalue weighted by Crippen LogP contribution is 2.40. The molecule has 0 heterocycles. The average Bonchev–Trinajstić information content (AvgIpc) is 2.62. The van der Waals surface area contributed by atoms with Crippen molar-refractivity contribution in [1.82, 2.24) is 0 Å². The van der Waals surface area contributed by atoms with Crippen LogP contribution in [0.25, 0.3) is 11.1 Å². The summed E-state index contributed by atoms with van der Waals surface area (Å²) in [5.41, 5.74) is 0.362. The zero-order valence-corrected chi connectivity index (χ0v) is 14.1. The molecule has 1 atom stereocenters. The molecule has 0 saturated heterocycles. The maximum atomic E-state index is 13.6. The number of hydrogen-bond acceptors (Lipinski definition) is 1. The quantitative estimate of drug-likeness (QED) is 0.680. The Labute approximate surface area is 146 Å². The van der Waals surface area contributed by atoms with Gasteiger partial charge in [0.05, 0.1) is 11.7 Å². The molecule has 1 saturated carbocycles. The SMILES string of the molecule is OC(CC1CCCCC1)c1ccc(-c2ccccc2)c(C(F)(F)F)c1. The van der Waals surface area contributed by atoms with Crippen molar-refractivity contribution >= 4 is 0 Å². The van der Waals surface area contributed by atoms with Gasteiger partial charge in [-0.1, -0.05) is 74.6 Å². The van der Waals surface area contributed by atoms with Crippen molar-refractivity contribution in [2.24, 2.45) is 5.92 Å². The van der Waals surface area contributed by atoms with Gasteiger partial charge in [0.25, 0.3) is 0 Å².